The average Bonchev–Trinajstić information content (AvgIpc) is 2.76. The van der Waals surface area contributed by atoms with Gasteiger partial charge in [0.15, 0.2) is 0 Å². The Bertz CT molecular complexity index is 1220. The molecule has 0 radical (unpaired) electrons. The summed E-state index contributed by atoms with van der Waals surface area (Å²) >= 11 is 0. The number of aliphatic hydroxyl groups is 1. The summed E-state index contributed by atoms with van der Waals surface area (Å²) < 4.78 is 18.6. The van der Waals surface area contributed by atoms with Gasteiger partial charge in [-0.05, 0) is 34.5 Å². The standard InChI is InChI=1S/C23H18O4S/c1-27-23(25)18-11-3-7-16-9-5-13-20(22(16)18)28(26)19-12-4-8-15-6-2-10-17(14-24)21(15)19/h2-13,24H,14H2,1H3. The first-order valence-corrected chi connectivity index (χ1v) is 9.94. The molecule has 4 aromatic rings. The summed E-state index contributed by atoms with van der Waals surface area (Å²) in [4.78, 5) is 13.4. The first-order chi connectivity index (χ1) is 13.7. The summed E-state index contributed by atoms with van der Waals surface area (Å²) in [5, 5.41) is 12.9. The number of carbonyl (C=O) groups is 1. The summed E-state index contributed by atoms with van der Waals surface area (Å²) in [5.74, 6) is -0.469. The predicted molar refractivity (Wildman–Crippen MR) is 110 cm³/mol. The van der Waals surface area contributed by atoms with E-state index in [4.69, 9.17) is 4.74 Å². The molecular weight excluding hydrogens is 372 g/mol. The second-order valence-electron chi connectivity index (χ2n) is 6.35. The lowest BCUT2D eigenvalue weighted by Gasteiger charge is -2.13. The minimum atomic E-state index is -1.56. The highest BCUT2D eigenvalue weighted by molar-refractivity contribution is 7.85. The number of aliphatic hydroxyl groups excluding tert-OH is 1. The van der Waals surface area contributed by atoms with Gasteiger partial charge < -0.3 is 9.84 Å². The van der Waals surface area contributed by atoms with E-state index in [1.54, 1.807) is 24.3 Å². The van der Waals surface area contributed by atoms with E-state index in [9.17, 15) is 14.1 Å². The van der Waals surface area contributed by atoms with Crippen molar-refractivity contribution in [3.05, 3.63) is 83.9 Å². The molecule has 1 N–H and O–H groups in total. The van der Waals surface area contributed by atoms with Crippen LogP contribution in [-0.2, 0) is 22.1 Å². The van der Waals surface area contributed by atoms with Crippen molar-refractivity contribution >= 4 is 38.3 Å². The zero-order chi connectivity index (χ0) is 19.7. The van der Waals surface area contributed by atoms with Crippen LogP contribution >= 0.6 is 0 Å². The van der Waals surface area contributed by atoms with Gasteiger partial charge in [-0.2, -0.15) is 0 Å². The molecule has 140 valence electrons. The maximum absolute atomic E-state index is 13.7. The summed E-state index contributed by atoms with van der Waals surface area (Å²) in [6, 6.07) is 22.0. The predicted octanol–water partition coefficient (Wildman–Crippen LogP) is 4.44. The minimum absolute atomic E-state index is 0.144. The first-order valence-electron chi connectivity index (χ1n) is 8.79. The molecule has 0 amide bonds. The van der Waals surface area contributed by atoms with Crippen LogP contribution in [0.2, 0.25) is 0 Å². The number of rotatable bonds is 4. The van der Waals surface area contributed by atoms with Crippen molar-refractivity contribution in [1.82, 2.24) is 0 Å². The Morgan fingerprint density at radius 2 is 1.39 bits per heavy atom. The monoisotopic (exact) mass is 390 g/mol. The molecule has 1 unspecified atom stereocenters. The largest absolute Gasteiger partial charge is 0.465 e. The number of carbonyl (C=O) groups excluding carboxylic acids is 1. The van der Waals surface area contributed by atoms with Gasteiger partial charge in [-0.3, -0.25) is 0 Å². The molecule has 0 saturated heterocycles. The summed E-state index contributed by atoms with van der Waals surface area (Å²) in [6.07, 6.45) is 0. The summed E-state index contributed by atoms with van der Waals surface area (Å²) in [6.45, 7) is -0.144. The van der Waals surface area contributed by atoms with Gasteiger partial charge in [0.1, 0.15) is 0 Å². The molecule has 4 rings (SSSR count). The van der Waals surface area contributed by atoms with E-state index in [0.29, 0.717) is 20.7 Å². The van der Waals surface area contributed by atoms with E-state index in [1.165, 1.54) is 7.11 Å². The Kier molecular flexibility index (Phi) is 4.94. The molecular formula is C23H18O4S. The maximum atomic E-state index is 13.7. The minimum Gasteiger partial charge on any atom is -0.465 e. The fourth-order valence-electron chi connectivity index (χ4n) is 3.53. The van der Waals surface area contributed by atoms with Gasteiger partial charge in [0.2, 0.25) is 0 Å². The van der Waals surface area contributed by atoms with Crippen LogP contribution in [0.4, 0.5) is 0 Å². The van der Waals surface area contributed by atoms with Crippen LogP contribution in [-0.4, -0.2) is 22.4 Å². The highest BCUT2D eigenvalue weighted by Gasteiger charge is 2.19. The number of hydrogen-bond donors (Lipinski definition) is 1. The third-order valence-corrected chi connectivity index (χ3v) is 6.27. The van der Waals surface area contributed by atoms with Crippen molar-refractivity contribution < 1.29 is 18.8 Å². The average molecular weight is 390 g/mol. The van der Waals surface area contributed by atoms with E-state index in [0.717, 1.165) is 21.7 Å². The number of fused-ring (bicyclic) bond motifs is 2. The van der Waals surface area contributed by atoms with Gasteiger partial charge in [-0.25, -0.2) is 9.00 Å². The maximum Gasteiger partial charge on any atom is 0.338 e. The van der Waals surface area contributed by atoms with Crippen LogP contribution in [0.1, 0.15) is 15.9 Å². The molecule has 4 nitrogen and oxygen atoms in total. The molecule has 4 aromatic carbocycles. The number of esters is 1. The van der Waals surface area contributed by atoms with Gasteiger partial charge in [-0.1, -0.05) is 54.6 Å². The van der Waals surface area contributed by atoms with Crippen LogP contribution in [0.15, 0.2) is 82.6 Å². The number of hydrogen-bond acceptors (Lipinski definition) is 4. The molecule has 0 aliphatic rings. The quantitative estimate of drug-likeness (QED) is 0.523. The van der Waals surface area contributed by atoms with E-state index >= 15 is 0 Å². The van der Waals surface area contributed by atoms with Gasteiger partial charge in [0.05, 0.1) is 39.9 Å². The zero-order valence-electron chi connectivity index (χ0n) is 15.2. The van der Waals surface area contributed by atoms with Crippen LogP contribution in [0.5, 0.6) is 0 Å². The van der Waals surface area contributed by atoms with Crippen molar-refractivity contribution in [2.45, 2.75) is 16.4 Å². The second kappa shape index (κ2) is 7.54. The fraction of sp³-hybridized carbons (Fsp3) is 0.0870. The third kappa shape index (κ3) is 2.99. The normalized spacial score (nSPS) is 12.2. The smallest absolute Gasteiger partial charge is 0.338 e. The Balaban J connectivity index is 2.01. The van der Waals surface area contributed by atoms with Crippen LogP contribution in [0.3, 0.4) is 0 Å². The summed E-state index contributed by atoms with van der Waals surface area (Å²) in [5.41, 5.74) is 1.10. The lowest BCUT2D eigenvalue weighted by Crippen LogP contribution is -2.05. The Morgan fingerprint density at radius 3 is 2.00 bits per heavy atom. The lowest BCUT2D eigenvalue weighted by atomic mass is 10.0. The molecule has 0 aliphatic carbocycles. The summed E-state index contributed by atoms with van der Waals surface area (Å²) in [7, 11) is -0.223. The van der Waals surface area contributed by atoms with Crippen molar-refractivity contribution in [2.75, 3.05) is 7.11 Å². The van der Waals surface area contributed by atoms with E-state index in [-0.39, 0.29) is 6.61 Å². The van der Waals surface area contributed by atoms with Gasteiger partial charge in [0.25, 0.3) is 0 Å². The number of benzene rings is 4. The molecule has 1 atom stereocenters. The van der Waals surface area contributed by atoms with Crippen LogP contribution < -0.4 is 0 Å². The molecule has 5 heteroatoms. The fourth-order valence-corrected chi connectivity index (χ4v) is 5.02. The van der Waals surface area contributed by atoms with Crippen LogP contribution in [0, 0.1) is 0 Å². The molecule has 28 heavy (non-hydrogen) atoms. The van der Waals surface area contributed by atoms with E-state index in [2.05, 4.69) is 0 Å². The van der Waals surface area contributed by atoms with Crippen molar-refractivity contribution in [3.63, 3.8) is 0 Å². The molecule has 0 aliphatic heterocycles. The number of methoxy groups -OCH3 is 1. The molecule has 0 saturated carbocycles. The topological polar surface area (TPSA) is 63.6 Å². The van der Waals surface area contributed by atoms with Gasteiger partial charge in [-0.15, -0.1) is 0 Å². The van der Waals surface area contributed by atoms with Crippen molar-refractivity contribution in [2.24, 2.45) is 0 Å². The Labute approximate surface area is 164 Å². The Morgan fingerprint density at radius 1 is 0.857 bits per heavy atom. The molecule has 0 spiro atoms. The number of ether oxygens (including phenoxy) is 1. The van der Waals surface area contributed by atoms with E-state index in [1.807, 2.05) is 48.5 Å². The molecule has 0 aromatic heterocycles. The lowest BCUT2D eigenvalue weighted by molar-refractivity contribution is 0.0603. The highest BCUT2D eigenvalue weighted by atomic mass is 32.2. The van der Waals surface area contributed by atoms with E-state index < -0.39 is 16.8 Å². The zero-order valence-corrected chi connectivity index (χ0v) is 16.0. The third-order valence-electron chi connectivity index (χ3n) is 4.79. The van der Waals surface area contributed by atoms with Crippen molar-refractivity contribution in [1.29, 1.82) is 0 Å². The van der Waals surface area contributed by atoms with Gasteiger partial charge >= 0.3 is 5.97 Å². The van der Waals surface area contributed by atoms with Crippen LogP contribution in [0.25, 0.3) is 21.5 Å². The molecule has 0 fully saturated rings. The second-order valence-corrected chi connectivity index (χ2v) is 7.77. The van der Waals surface area contributed by atoms with Crippen molar-refractivity contribution in [3.8, 4) is 0 Å². The Hall–Kier alpha value is -3.02. The SMILES string of the molecule is COC(=O)c1cccc2cccc(S(=O)c3cccc4cccc(CO)c34)c12. The first kappa shape index (κ1) is 18.3. The molecule has 0 bridgehead atoms. The highest BCUT2D eigenvalue weighted by Crippen LogP contribution is 2.33. The molecule has 0 heterocycles. The van der Waals surface area contributed by atoms with Gasteiger partial charge in [0, 0.05) is 10.8 Å².